The van der Waals surface area contributed by atoms with E-state index in [1.165, 1.54) is 17.8 Å². The average Bonchev–Trinajstić information content (AvgIpc) is 2.86. The summed E-state index contributed by atoms with van der Waals surface area (Å²) in [5, 5.41) is 21.2. The van der Waals surface area contributed by atoms with Crippen molar-refractivity contribution >= 4 is 58.0 Å². The minimum absolute atomic E-state index is 0.00521. The third-order valence-corrected chi connectivity index (χ3v) is 5.56. The van der Waals surface area contributed by atoms with Crippen molar-refractivity contribution in [2.75, 3.05) is 18.6 Å². The molecule has 0 unspecified atom stereocenters. The highest BCUT2D eigenvalue weighted by Crippen LogP contribution is 2.36. The van der Waals surface area contributed by atoms with Gasteiger partial charge in [-0.25, -0.2) is 0 Å². The van der Waals surface area contributed by atoms with Gasteiger partial charge in [0, 0.05) is 0 Å². The lowest BCUT2D eigenvalue weighted by molar-refractivity contribution is -0.310. The Morgan fingerprint density at radius 1 is 1.54 bits per heavy atom. The van der Waals surface area contributed by atoms with Crippen molar-refractivity contribution in [2.45, 2.75) is 19.4 Å². The third-order valence-electron chi connectivity index (χ3n) is 3.58. The lowest BCUT2D eigenvalue weighted by Gasteiger charge is -2.27. The summed E-state index contributed by atoms with van der Waals surface area (Å²) >= 11 is 7.74. The molecule has 140 valence electrons. The van der Waals surface area contributed by atoms with Crippen LogP contribution < -0.4 is 9.84 Å². The van der Waals surface area contributed by atoms with Crippen molar-refractivity contribution in [1.82, 2.24) is 4.90 Å². The molecule has 0 saturated carbocycles. The highest BCUT2D eigenvalue weighted by molar-refractivity contribution is 8.26. The van der Waals surface area contributed by atoms with Gasteiger partial charge in [-0.15, -0.1) is 0 Å². The quantitative estimate of drug-likeness (QED) is 0.511. The lowest BCUT2D eigenvalue weighted by atomic mass is 10.1. The minimum Gasteiger partial charge on any atom is -0.548 e. The fourth-order valence-corrected chi connectivity index (χ4v) is 4.19. The third kappa shape index (κ3) is 4.72. The molecule has 26 heavy (non-hydrogen) atoms. The Bertz CT molecular complexity index is 750. The molecule has 1 heterocycles. The molecule has 1 aromatic rings. The van der Waals surface area contributed by atoms with Gasteiger partial charge in [-0.2, -0.15) is 11.8 Å². The van der Waals surface area contributed by atoms with Crippen LogP contribution in [0.2, 0.25) is 0 Å². The first kappa shape index (κ1) is 20.6. The number of phenolic OH excluding ortho intramolecular Hbond substituents is 1. The second kappa shape index (κ2) is 9.29. The molecule has 1 aliphatic rings. The molecule has 1 N–H and O–H groups in total. The molecule has 1 saturated heterocycles. The largest absolute Gasteiger partial charge is 0.548 e. The van der Waals surface area contributed by atoms with E-state index in [4.69, 9.17) is 17.0 Å². The number of hydrogen-bond donors (Lipinski definition) is 1. The summed E-state index contributed by atoms with van der Waals surface area (Å²) in [4.78, 5) is 25.6. The van der Waals surface area contributed by atoms with Gasteiger partial charge in [-0.3, -0.25) is 9.69 Å². The maximum absolute atomic E-state index is 12.7. The summed E-state index contributed by atoms with van der Waals surface area (Å²) in [5.74, 6) is -0.888. The van der Waals surface area contributed by atoms with Gasteiger partial charge in [0.05, 0.1) is 23.5 Å². The summed E-state index contributed by atoms with van der Waals surface area (Å²) in [6.07, 6.45) is 3.72. The topological polar surface area (TPSA) is 89.9 Å². The van der Waals surface area contributed by atoms with Crippen LogP contribution in [0.15, 0.2) is 23.1 Å². The van der Waals surface area contributed by atoms with Crippen LogP contribution in [-0.2, 0) is 9.59 Å². The number of carboxylic acids is 1. The van der Waals surface area contributed by atoms with Crippen LogP contribution in [0.3, 0.4) is 0 Å². The van der Waals surface area contributed by atoms with Crippen LogP contribution in [-0.4, -0.2) is 50.9 Å². The first-order valence-electron chi connectivity index (χ1n) is 7.81. The van der Waals surface area contributed by atoms with Crippen LogP contribution in [0.25, 0.3) is 6.08 Å². The molecule has 1 aliphatic heterocycles. The molecule has 6 nitrogen and oxygen atoms in total. The predicted octanol–water partition coefficient (Wildman–Crippen LogP) is 1.86. The highest BCUT2D eigenvalue weighted by atomic mass is 32.2. The lowest BCUT2D eigenvalue weighted by Crippen LogP contribution is -2.50. The Morgan fingerprint density at radius 2 is 2.27 bits per heavy atom. The molecular weight excluding hydrogens is 394 g/mol. The number of ether oxygens (including phenoxy) is 1. The van der Waals surface area contributed by atoms with Crippen molar-refractivity contribution < 1.29 is 24.5 Å². The van der Waals surface area contributed by atoms with Gasteiger partial charge >= 0.3 is 0 Å². The van der Waals surface area contributed by atoms with Gasteiger partial charge in [-0.05, 0) is 49.1 Å². The van der Waals surface area contributed by atoms with Crippen LogP contribution in [0.4, 0.5) is 0 Å². The molecule has 0 aliphatic carbocycles. The number of carboxylic acid groups (broad SMARTS) is 1. The molecule has 1 amide bonds. The number of aliphatic carboxylic acids is 1. The van der Waals surface area contributed by atoms with Crippen LogP contribution >= 0.6 is 35.7 Å². The minimum atomic E-state index is -1.32. The van der Waals surface area contributed by atoms with Gasteiger partial charge in [0.2, 0.25) is 0 Å². The SMILES string of the molecule is CCOc1cc(/C=C2/SC(=S)N([C@H](CCSC)C(=O)[O-])C2=O)ccc1O. The molecule has 2 rings (SSSR count). The van der Waals surface area contributed by atoms with Crippen molar-refractivity contribution in [3.8, 4) is 11.5 Å². The van der Waals surface area contributed by atoms with Gasteiger partial charge in [-0.1, -0.05) is 30.0 Å². The van der Waals surface area contributed by atoms with E-state index in [1.54, 1.807) is 25.1 Å². The van der Waals surface area contributed by atoms with Crippen LogP contribution in [0, 0.1) is 0 Å². The highest BCUT2D eigenvalue weighted by Gasteiger charge is 2.37. The van der Waals surface area contributed by atoms with E-state index >= 15 is 0 Å². The molecule has 0 aromatic heterocycles. The first-order chi connectivity index (χ1) is 12.4. The molecule has 9 heteroatoms. The van der Waals surface area contributed by atoms with Gasteiger partial charge in [0.1, 0.15) is 4.32 Å². The van der Waals surface area contributed by atoms with Crippen LogP contribution in [0.1, 0.15) is 18.9 Å². The van der Waals surface area contributed by atoms with E-state index in [0.717, 1.165) is 16.7 Å². The first-order valence-corrected chi connectivity index (χ1v) is 10.4. The fourth-order valence-electron chi connectivity index (χ4n) is 2.37. The second-order valence-corrected chi connectivity index (χ2v) is 7.99. The normalized spacial score (nSPS) is 17.0. The number of benzene rings is 1. The van der Waals surface area contributed by atoms with E-state index in [9.17, 15) is 19.8 Å². The number of aromatic hydroxyl groups is 1. The number of hydrogen-bond acceptors (Lipinski definition) is 8. The molecule has 0 radical (unpaired) electrons. The number of nitrogens with zero attached hydrogens (tertiary/aromatic N) is 1. The van der Waals surface area contributed by atoms with Gasteiger partial charge in [0.15, 0.2) is 11.5 Å². The van der Waals surface area contributed by atoms with Crippen molar-refractivity contribution in [2.24, 2.45) is 0 Å². The Morgan fingerprint density at radius 3 is 2.88 bits per heavy atom. The number of carbonyl (C=O) groups is 2. The Balaban J connectivity index is 2.28. The summed E-state index contributed by atoms with van der Waals surface area (Å²) < 4.78 is 5.52. The summed E-state index contributed by atoms with van der Waals surface area (Å²) in [6, 6.07) is 3.63. The number of thioether (sulfide) groups is 2. The monoisotopic (exact) mass is 412 g/mol. The standard InChI is InChI=1S/C17H19NO5S3/c1-3-23-13-8-10(4-5-12(13)19)9-14-15(20)18(17(24)26-14)11(16(21)22)6-7-25-2/h4-5,8-9,11,19H,3,6-7H2,1-2H3,(H,21,22)/p-1/b14-9+/t11-/m1/s1. The number of phenols is 1. The van der Waals surface area contributed by atoms with Gasteiger partial charge < -0.3 is 19.7 Å². The molecule has 1 atom stereocenters. The molecule has 1 aromatic carbocycles. The molecule has 0 spiro atoms. The number of carbonyl (C=O) groups excluding carboxylic acids is 2. The maximum Gasteiger partial charge on any atom is 0.266 e. The molecular formula is C17H18NO5S3-. The van der Waals surface area contributed by atoms with E-state index in [2.05, 4.69) is 0 Å². The Kier molecular flexibility index (Phi) is 7.36. The van der Waals surface area contributed by atoms with E-state index in [1.807, 2.05) is 6.26 Å². The molecule has 1 fully saturated rings. The second-order valence-electron chi connectivity index (χ2n) is 5.33. The zero-order valence-corrected chi connectivity index (χ0v) is 16.7. The smallest absolute Gasteiger partial charge is 0.266 e. The summed E-state index contributed by atoms with van der Waals surface area (Å²) in [5.41, 5.74) is 0.640. The summed E-state index contributed by atoms with van der Waals surface area (Å²) in [6.45, 7) is 2.19. The van der Waals surface area contributed by atoms with Gasteiger partial charge in [0.25, 0.3) is 5.91 Å². The van der Waals surface area contributed by atoms with Crippen molar-refractivity contribution in [3.05, 3.63) is 28.7 Å². The zero-order chi connectivity index (χ0) is 19.3. The van der Waals surface area contributed by atoms with E-state index in [0.29, 0.717) is 28.6 Å². The number of thiocarbonyl (C=S) groups is 1. The number of rotatable bonds is 8. The predicted molar refractivity (Wildman–Crippen MR) is 106 cm³/mol. The Hall–Kier alpha value is -1.71. The fraction of sp³-hybridized carbons (Fsp3) is 0.353. The average molecular weight is 413 g/mol. The van der Waals surface area contributed by atoms with E-state index in [-0.39, 0.29) is 16.5 Å². The molecule has 0 bridgehead atoms. The van der Waals surface area contributed by atoms with Crippen LogP contribution in [0.5, 0.6) is 11.5 Å². The summed E-state index contributed by atoms with van der Waals surface area (Å²) in [7, 11) is 0. The zero-order valence-electron chi connectivity index (χ0n) is 14.3. The van der Waals surface area contributed by atoms with E-state index < -0.39 is 17.9 Å². The van der Waals surface area contributed by atoms with Crippen molar-refractivity contribution in [3.63, 3.8) is 0 Å². The maximum atomic E-state index is 12.7. The van der Waals surface area contributed by atoms with Crippen molar-refractivity contribution in [1.29, 1.82) is 0 Å². The Labute approximate surface area is 165 Å². The number of amides is 1.